The van der Waals surface area contributed by atoms with Crippen LogP contribution in [0.1, 0.15) is 26.2 Å². The van der Waals surface area contributed by atoms with E-state index in [2.05, 4.69) is 26.2 Å². The first-order valence-electron chi connectivity index (χ1n) is 7.35. The Morgan fingerprint density at radius 3 is 2.90 bits per heavy atom. The second-order valence-corrected chi connectivity index (χ2v) is 8.27. The van der Waals surface area contributed by atoms with Gasteiger partial charge in [0.25, 0.3) is 0 Å². The fraction of sp³-hybridized carbons (Fsp3) is 0.643. The largest absolute Gasteiger partial charge is 0.316 e. The van der Waals surface area contributed by atoms with Crippen molar-refractivity contribution in [2.45, 2.75) is 31.1 Å². The van der Waals surface area contributed by atoms with E-state index in [-0.39, 0.29) is 4.90 Å². The van der Waals surface area contributed by atoms with Crippen LogP contribution in [0.3, 0.4) is 0 Å². The maximum Gasteiger partial charge on any atom is 0.244 e. The van der Waals surface area contributed by atoms with Crippen LogP contribution in [-0.2, 0) is 10.0 Å². The third-order valence-corrected chi connectivity index (χ3v) is 5.92. The Kier molecular flexibility index (Phi) is 6.16. The summed E-state index contributed by atoms with van der Waals surface area (Å²) in [5.74, 6) is 0.389. The molecule has 1 aromatic rings. The van der Waals surface area contributed by atoms with E-state index in [0.717, 1.165) is 32.4 Å². The Morgan fingerprint density at radius 2 is 2.29 bits per heavy atom. The number of nitrogens with one attached hydrogen (secondary N) is 1. The topological polar surface area (TPSA) is 62.3 Å². The number of sulfonamides is 1. The number of aromatic nitrogens is 1. The monoisotopic (exact) mass is 375 g/mol. The Morgan fingerprint density at radius 1 is 1.48 bits per heavy atom. The normalized spacial score (nSPS) is 19.9. The van der Waals surface area contributed by atoms with E-state index in [9.17, 15) is 8.42 Å². The average Bonchev–Trinajstić information content (AvgIpc) is 2.48. The third kappa shape index (κ3) is 4.48. The fourth-order valence-electron chi connectivity index (χ4n) is 2.61. The molecule has 1 fully saturated rings. The van der Waals surface area contributed by atoms with Crippen molar-refractivity contribution in [3.63, 3.8) is 0 Å². The van der Waals surface area contributed by atoms with E-state index >= 15 is 0 Å². The molecule has 0 radical (unpaired) electrons. The number of hydrogen-bond donors (Lipinski definition) is 1. The molecule has 7 heteroatoms. The average molecular weight is 376 g/mol. The summed E-state index contributed by atoms with van der Waals surface area (Å²) in [6.45, 7) is 5.06. The molecule has 1 saturated heterocycles. The van der Waals surface area contributed by atoms with Crippen LogP contribution in [0.5, 0.6) is 0 Å². The van der Waals surface area contributed by atoms with Crippen molar-refractivity contribution in [2.24, 2.45) is 5.92 Å². The molecule has 0 aromatic carbocycles. The maximum atomic E-state index is 12.8. The maximum absolute atomic E-state index is 12.8. The van der Waals surface area contributed by atoms with Crippen LogP contribution in [-0.4, -0.2) is 43.9 Å². The molecule has 2 heterocycles. The molecule has 1 N–H and O–H groups in total. The number of halogens is 1. The lowest BCUT2D eigenvalue weighted by Gasteiger charge is -2.29. The molecular weight excluding hydrogens is 354 g/mol. The van der Waals surface area contributed by atoms with Gasteiger partial charge in [0.05, 0.1) is 0 Å². The Hall–Kier alpha value is -0.500. The van der Waals surface area contributed by atoms with Gasteiger partial charge in [-0.05, 0) is 60.3 Å². The molecule has 118 valence electrons. The Bertz CT molecular complexity index is 559. The van der Waals surface area contributed by atoms with E-state index in [1.165, 1.54) is 6.20 Å². The summed E-state index contributed by atoms with van der Waals surface area (Å²) in [6.07, 6.45) is 6.01. The summed E-state index contributed by atoms with van der Waals surface area (Å²) >= 11 is 3.29. The summed E-state index contributed by atoms with van der Waals surface area (Å²) in [5.41, 5.74) is 0. The first-order chi connectivity index (χ1) is 10.0. The Balaban J connectivity index is 2.19. The van der Waals surface area contributed by atoms with Crippen molar-refractivity contribution in [3.8, 4) is 0 Å². The first kappa shape index (κ1) is 16.9. The highest BCUT2D eigenvalue weighted by Crippen LogP contribution is 2.21. The number of hydrogen-bond acceptors (Lipinski definition) is 4. The lowest BCUT2D eigenvalue weighted by molar-refractivity contribution is 0.291. The Labute approximate surface area is 135 Å². The van der Waals surface area contributed by atoms with Crippen molar-refractivity contribution in [1.29, 1.82) is 0 Å². The van der Waals surface area contributed by atoms with Crippen LogP contribution < -0.4 is 5.32 Å². The number of pyridine rings is 1. The van der Waals surface area contributed by atoms with Gasteiger partial charge in [-0.15, -0.1) is 0 Å². The lowest BCUT2D eigenvalue weighted by atomic mass is 10.00. The highest BCUT2D eigenvalue weighted by atomic mass is 79.9. The third-order valence-electron chi connectivity index (χ3n) is 3.65. The molecule has 2 rings (SSSR count). The van der Waals surface area contributed by atoms with Crippen molar-refractivity contribution in [3.05, 3.63) is 22.9 Å². The quantitative estimate of drug-likeness (QED) is 0.827. The zero-order chi connectivity index (χ0) is 15.3. The number of rotatable bonds is 6. The van der Waals surface area contributed by atoms with Crippen LogP contribution >= 0.6 is 15.9 Å². The van der Waals surface area contributed by atoms with Crippen molar-refractivity contribution in [1.82, 2.24) is 14.6 Å². The molecule has 0 spiro atoms. The van der Waals surface area contributed by atoms with Gasteiger partial charge in [-0.2, -0.15) is 4.31 Å². The summed E-state index contributed by atoms with van der Waals surface area (Å²) in [4.78, 5) is 4.23. The second-order valence-electron chi connectivity index (χ2n) is 5.41. The van der Waals surface area contributed by atoms with Gasteiger partial charge >= 0.3 is 0 Å². The fourth-order valence-corrected chi connectivity index (χ4v) is 4.72. The predicted octanol–water partition coefficient (Wildman–Crippen LogP) is 2.24. The highest BCUT2D eigenvalue weighted by molar-refractivity contribution is 9.10. The minimum absolute atomic E-state index is 0.258. The van der Waals surface area contributed by atoms with Crippen molar-refractivity contribution >= 4 is 26.0 Å². The molecule has 0 saturated carbocycles. The van der Waals surface area contributed by atoms with Crippen LogP contribution in [0.15, 0.2) is 27.8 Å². The standard InChI is InChI=1S/C14H22BrN3O2S/c1-2-6-18(11-12-4-3-5-16-8-12)21(19,20)14-7-13(15)9-17-10-14/h7,9-10,12,16H,2-6,8,11H2,1H3. The second kappa shape index (κ2) is 7.67. The molecule has 1 aromatic heterocycles. The lowest BCUT2D eigenvalue weighted by Crippen LogP contribution is -2.41. The minimum Gasteiger partial charge on any atom is -0.316 e. The number of piperidine rings is 1. The van der Waals surface area contributed by atoms with Gasteiger partial charge in [0, 0.05) is 30.0 Å². The van der Waals surface area contributed by atoms with Gasteiger partial charge in [0.15, 0.2) is 0 Å². The molecule has 1 aliphatic heterocycles. The summed E-state index contributed by atoms with van der Waals surface area (Å²) in [5, 5.41) is 3.34. The van der Waals surface area contributed by atoms with E-state index in [0.29, 0.717) is 23.5 Å². The molecule has 0 aliphatic carbocycles. The molecular formula is C14H22BrN3O2S. The highest BCUT2D eigenvalue weighted by Gasteiger charge is 2.27. The zero-order valence-corrected chi connectivity index (χ0v) is 14.7. The molecule has 1 atom stereocenters. The van der Waals surface area contributed by atoms with Gasteiger partial charge < -0.3 is 5.32 Å². The van der Waals surface area contributed by atoms with Crippen LogP contribution in [0.2, 0.25) is 0 Å². The minimum atomic E-state index is -3.47. The van der Waals surface area contributed by atoms with Gasteiger partial charge in [-0.1, -0.05) is 6.92 Å². The predicted molar refractivity (Wildman–Crippen MR) is 86.6 cm³/mol. The van der Waals surface area contributed by atoms with Crippen molar-refractivity contribution < 1.29 is 8.42 Å². The summed E-state index contributed by atoms with van der Waals surface area (Å²) < 4.78 is 27.9. The first-order valence-corrected chi connectivity index (χ1v) is 9.58. The molecule has 1 unspecified atom stereocenters. The zero-order valence-electron chi connectivity index (χ0n) is 12.3. The van der Waals surface area contributed by atoms with Crippen LogP contribution in [0.4, 0.5) is 0 Å². The van der Waals surface area contributed by atoms with Crippen molar-refractivity contribution in [2.75, 3.05) is 26.2 Å². The van der Waals surface area contributed by atoms with Gasteiger partial charge in [-0.25, -0.2) is 8.42 Å². The van der Waals surface area contributed by atoms with E-state index < -0.39 is 10.0 Å². The molecule has 5 nitrogen and oxygen atoms in total. The van der Waals surface area contributed by atoms with Crippen LogP contribution in [0.25, 0.3) is 0 Å². The van der Waals surface area contributed by atoms with Gasteiger partial charge in [-0.3, -0.25) is 4.98 Å². The molecule has 0 bridgehead atoms. The molecule has 21 heavy (non-hydrogen) atoms. The van der Waals surface area contributed by atoms with E-state index in [1.54, 1.807) is 16.6 Å². The smallest absolute Gasteiger partial charge is 0.244 e. The van der Waals surface area contributed by atoms with Crippen LogP contribution in [0, 0.1) is 5.92 Å². The molecule has 0 amide bonds. The number of nitrogens with zero attached hydrogens (tertiary/aromatic N) is 2. The SMILES string of the molecule is CCCN(CC1CCCNC1)S(=O)(=O)c1cncc(Br)c1. The van der Waals surface area contributed by atoms with E-state index in [4.69, 9.17) is 0 Å². The van der Waals surface area contributed by atoms with Gasteiger partial charge in [0.1, 0.15) is 4.90 Å². The van der Waals surface area contributed by atoms with E-state index in [1.807, 2.05) is 6.92 Å². The van der Waals surface area contributed by atoms with Gasteiger partial charge in [0.2, 0.25) is 10.0 Å². The summed E-state index contributed by atoms with van der Waals surface area (Å²) in [6, 6.07) is 1.62. The molecule has 1 aliphatic rings. The summed E-state index contributed by atoms with van der Waals surface area (Å²) in [7, 11) is -3.47.